The molecule has 0 spiro atoms. The predicted octanol–water partition coefficient (Wildman–Crippen LogP) is 2.81. The van der Waals surface area contributed by atoms with E-state index in [9.17, 15) is 4.79 Å². The highest BCUT2D eigenvalue weighted by molar-refractivity contribution is 6.31. The molecule has 3 rings (SSSR count). The van der Waals surface area contributed by atoms with Crippen LogP contribution < -0.4 is 5.73 Å². The molecule has 2 aliphatic heterocycles. The number of nitrogen functional groups attached to an aromatic ring is 1. The molecule has 0 aliphatic carbocycles. The minimum atomic E-state index is 0.198. The molecular formula is C18H27ClN4O. The molecule has 5 nitrogen and oxygen atoms in total. The van der Waals surface area contributed by atoms with Crippen LogP contribution in [-0.4, -0.2) is 59.5 Å². The van der Waals surface area contributed by atoms with Crippen molar-refractivity contribution in [3.63, 3.8) is 0 Å². The highest BCUT2D eigenvalue weighted by Gasteiger charge is 2.35. The van der Waals surface area contributed by atoms with Crippen molar-refractivity contribution in [2.24, 2.45) is 5.92 Å². The maximum Gasteiger partial charge on any atom is 0.320 e. The Kier molecular flexibility index (Phi) is 4.92. The summed E-state index contributed by atoms with van der Waals surface area (Å²) in [5.41, 5.74) is 9.03. The van der Waals surface area contributed by atoms with E-state index in [0.29, 0.717) is 10.9 Å². The predicted molar refractivity (Wildman–Crippen MR) is 98.2 cm³/mol. The SMILES string of the molecule is Cc1c(N)cc(Cl)cc1CN1CCN(C(=O)N2CC(C)C2)C(C)C1. The molecule has 2 aliphatic rings. The number of anilines is 1. The number of rotatable bonds is 2. The Morgan fingerprint density at radius 3 is 2.58 bits per heavy atom. The van der Waals surface area contributed by atoms with Crippen molar-refractivity contribution in [3.05, 3.63) is 28.3 Å². The van der Waals surface area contributed by atoms with Gasteiger partial charge >= 0.3 is 6.03 Å². The van der Waals surface area contributed by atoms with Crippen LogP contribution in [0, 0.1) is 12.8 Å². The number of carbonyl (C=O) groups excluding carboxylic acids is 1. The number of likely N-dealkylation sites (tertiary alicyclic amines) is 1. The maximum absolute atomic E-state index is 12.5. The van der Waals surface area contributed by atoms with E-state index >= 15 is 0 Å². The number of nitrogens with zero attached hydrogens (tertiary/aromatic N) is 3. The minimum absolute atomic E-state index is 0.198. The lowest BCUT2D eigenvalue weighted by Gasteiger charge is -2.46. The Balaban J connectivity index is 1.61. The van der Waals surface area contributed by atoms with Crippen molar-refractivity contribution < 1.29 is 4.79 Å². The fraction of sp³-hybridized carbons (Fsp3) is 0.611. The summed E-state index contributed by atoms with van der Waals surface area (Å²) in [5.74, 6) is 0.641. The molecule has 0 aromatic heterocycles. The first-order valence-electron chi connectivity index (χ1n) is 8.67. The van der Waals surface area contributed by atoms with Crippen LogP contribution >= 0.6 is 11.6 Å². The maximum atomic E-state index is 12.5. The zero-order valence-corrected chi connectivity index (χ0v) is 15.5. The second-order valence-corrected chi connectivity index (χ2v) is 7.79. The number of amides is 2. The largest absolute Gasteiger partial charge is 0.398 e. The van der Waals surface area contributed by atoms with Crippen molar-refractivity contribution in [1.29, 1.82) is 0 Å². The summed E-state index contributed by atoms with van der Waals surface area (Å²) in [6, 6.07) is 4.22. The third-order valence-electron chi connectivity index (χ3n) is 5.21. The van der Waals surface area contributed by atoms with E-state index in [-0.39, 0.29) is 12.1 Å². The Morgan fingerprint density at radius 1 is 1.25 bits per heavy atom. The lowest BCUT2D eigenvalue weighted by molar-refractivity contribution is 0.0525. The van der Waals surface area contributed by atoms with Crippen molar-refractivity contribution in [2.75, 3.05) is 38.5 Å². The Bertz CT molecular complexity index is 630. The number of nitrogens with two attached hydrogens (primary N) is 1. The van der Waals surface area contributed by atoms with Gasteiger partial charge in [0.05, 0.1) is 0 Å². The van der Waals surface area contributed by atoms with Gasteiger partial charge in [0.2, 0.25) is 0 Å². The lowest BCUT2D eigenvalue weighted by atomic mass is 10.0. The summed E-state index contributed by atoms with van der Waals surface area (Å²) in [4.78, 5) is 18.9. The highest BCUT2D eigenvalue weighted by atomic mass is 35.5. The summed E-state index contributed by atoms with van der Waals surface area (Å²) in [6.07, 6.45) is 0. The number of piperazine rings is 1. The van der Waals surface area contributed by atoms with Crippen LogP contribution in [0.5, 0.6) is 0 Å². The van der Waals surface area contributed by atoms with E-state index in [1.807, 2.05) is 22.8 Å². The van der Waals surface area contributed by atoms with Gasteiger partial charge in [-0.05, 0) is 43.0 Å². The fourth-order valence-electron chi connectivity index (χ4n) is 3.66. The molecule has 1 unspecified atom stereocenters. The molecule has 0 bridgehead atoms. The average molecular weight is 351 g/mol. The Hall–Kier alpha value is -1.46. The quantitative estimate of drug-likeness (QED) is 0.834. The second kappa shape index (κ2) is 6.81. The molecule has 132 valence electrons. The number of urea groups is 1. The first kappa shape index (κ1) is 17.4. The summed E-state index contributed by atoms with van der Waals surface area (Å²) >= 11 is 6.15. The molecule has 24 heavy (non-hydrogen) atoms. The molecule has 2 heterocycles. The third-order valence-corrected chi connectivity index (χ3v) is 5.42. The summed E-state index contributed by atoms with van der Waals surface area (Å²) in [5, 5.41) is 0.682. The molecule has 1 aromatic rings. The van der Waals surface area contributed by atoms with Gasteiger partial charge < -0.3 is 15.5 Å². The molecule has 2 amide bonds. The molecule has 1 aromatic carbocycles. The number of benzene rings is 1. The topological polar surface area (TPSA) is 52.8 Å². The standard InChI is InChI=1S/C18H27ClN4O/c1-12-8-22(9-12)18(24)23-5-4-21(10-13(23)2)11-15-6-16(19)7-17(20)14(15)3/h6-7,12-13H,4-5,8-11,20H2,1-3H3. The van der Waals surface area contributed by atoms with Crippen molar-refractivity contribution in [2.45, 2.75) is 33.4 Å². The minimum Gasteiger partial charge on any atom is -0.398 e. The van der Waals surface area contributed by atoms with Gasteiger partial charge in [0, 0.05) is 56.0 Å². The van der Waals surface area contributed by atoms with Crippen molar-refractivity contribution in [1.82, 2.24) is 14.7 Å². The monoisotopic (exact) mass is 350 g/mol. The molecular weight excluding hydrogens is 324 g/mol. The van der Waals surface area contributed by atoms with Crippen LogP contribution in [0.25, 0.3) is 0 Å². The van der Waals surface area contributed by atoms with Gasteiger partial charge in [-0.1, -0.05) is 18.5 Å². The van der Waals surface area contributed by atoms with Crippen molar-refractivity contribution in [3.8, 4) is 0 Å². The van der Waals surface area contributed by atoms with Crippen LogP contribution in [0.1, 0.15) is 25.0 Å². The molecule has 6 heteroatoms. The second-order valence-electron chi connectivity index (χ2n) is 7.35. The van der Waals surface area contributed by atoms with Gasteiger partial charge in [0.15, 0.2) is 0 Å². The van der Waals surface area contributed by atoms with Crippen LogP contribution in [0.4, 0.5) is 10.5 Å². The Labute approximate surface area is 149 Å². The van der Waals surface area contributed by atoms with Gasteiger partial charge in [-0.2, -0.15) is 0 Å². The molecule has 1 atom stereocenters. The van der Waals surface area contributed by atoms with E-state index < -0.39 is 0 Å². The smallest absolute Gasteiger partial charge is 0.320 e. The van der Waals surface area contributed by atoms with E-state index in [1.165, 1.54) is 5.56 Å². The molecule has 0 radical (unpaired) electrons. The van der Waals surface area contributed by atoms with Crippen LogP contribution in [-0.2, 0) is 6.54 Å². The van der Waals surface area contributed by atoms with Gasteiger partial charge in [0.1, 0.15) is 0 Å². The van der Waals surface area contributed by atoms with Crippen LogP contribution in [0.15, 0.2) is 12.1 Å². The molecule has 2 saturated heterocycles. The van der Waals surface area contributed by atoms with Gasteiger partial charge in [-0.3, -0.25) is 4.90 Å². The normalized spacial score (nSPS) is 22.6. The number of hydrogen-bond acceptors (Lipinski definition) is 3. The highest BCUT2D eigenvalue weighted by Crippen LogP contribution is 2.25. The first-order chi connectivity index (χ1) is 11.3. The Morgan fingerprint density at radius 2 is 1.96 bits per heavy atom. The van der Waals surface area contributed by atoms with Crippen LogP contribution in [0.2, 0.25) is 5.02 Å². The molecule has 0 saturated carbocycles. The summed E-state index contributed by atoms with van der Waals surface area (Å²) in [7, 11) is 0. The van der Waals surface area contributed by atoms with E-state index in [4.69, 9.17) is 17.3 Å². The molecule has 2 N–H and O–H groups in total. The zero-order chi connectivity index (χ0) is 17.4. The number of hydrogen-bond donors (Lipinski definition) is 1. The van der Waals surface area contributed by atoms with Crippen LogP contribution in [0.3, 0.4) is 0 Å². The third kappa shape index (κ3) is 3.47. The summed E-state index contributed by atoms with van der Waals surface area (Å²) < 4.78 is 0. The van der Waals surface area contributed by atoms with Gasteiger partial charge in [0.25, 0.3) is 0 Å². The van der Waals surface area contributed by atoms with Gasteiger partial charge in [-0.15, -0.1) is 0 Å². The zero-order valence-electron chi connectivity index (χ0n) is 14.8. The first-order valence-corrected chi connectivity index (χ1v) is 9.05. The molecule has 2 fully saturated rings. The lowest BCUT2D eigenvalue weighted by Crippen LogP contribution is -2.60. The van der Waals surface area contributed by atoms with E-state index in [1.54, 1.807) is 6.07 Å². The average Bonchev–Trinajstić information content (AvgIpc) is 2.48. The van der Waals surface area contributed by atoms with Gasteiger partial charge in [-0.25, -0.2) is 4.79 Å². The van der Waals surface area contributed by atoms with E-state index in [2.05, 4.69) is 18.7 Å². The summed E-state index contributed by atoms with van der Waals surface area (Å²) in [6.45, 7) is 11.5. The van der Waals surface area contributed by atoms with Crippen molar-refractivity contribution >= 4 is 23.3 Å². The van der Waals surface area contributed by atoms with E-state index in [0.717, 1.165) is 50.5 Å². The number of carbonyl (C=O) groups is 1. The number of halogens is 1. The fourth-order valence-corrected chi connectivity index (χ4v) is 3.91.